The summed E-state index contributed by atoms with van der Waals surface area (Å²) in [4.78, 5) is 35.6. The number of primary amides is 1. The zero-order chi connectivity index (χ0) is 18.4. The number of urea groups is 1. The normalized spacial score (nSPS) is 17.8. The van der Waals surface area contributed by atoms with Gasteiger partial charge in [0.25, 0.3) is 5.56 Å². The van der Waals surface area contributed by atoms with E-state index in [9.17, 15) is 9.59 Å². The van der Waals surface area contributed by atoms with E-state index in [-0.39, 0.29) is 17.6 Å². The van der Waals surface area contributed by atoms with Crippen molar-refractivity contribution in [2.75, 3.05) is 31.1 Å². The molecule has 3 heterocycles. The summed E-state index contributed by atoms with van der Waals surface area (Å²) in [6.07, 6.45) is 4.39. The molecule has 0 aromatic carbocycles. The van der Waals surface area contributed by atoms with Crippen molar-refractivity contribution in [1.82, 2.24) is 14.5 Å². The van der Waals surface area contributed by atoms with Gasteiger partial charge in [-0.05, 0) is 45.1 Å². The van der Waals surface area contributed by atoms with Crippen LogP contribution >= 0.6 is 11.3 Å². The van der Waals surface area contributed by atoms with Crippen molar-refractivity contribution in [2.24, 2.45) is 5.73 Å². The van der Waals surface area contributed by atoms with Crippen molar-refractivity contribution >= 4 is 33.5 Å². The molecule has 0 unspecified atom stereocenters. The third-order valence-corrected chi connectivity index (χ3v) is 6.58. The largest absolute Gasteiger partial charge is 0.351 e. The van der Waals surface area contributed by atoms with Crippen molar-refractivity contribution in [3.05, 3.63) is 20.8 Å². The van der Waals surface area contributed by atoms with Crippen LogP contribution in [0.2, 0.25) is 0 Å². The number of hydrogen-bond acceptors (Lipinski definition) is 5. The Morgan fingerprint density at radius 2 is 1.85 bits per heavy atom. The average Bonchev–Trinajstić information content (AvgIpc) is 3.00. The molecule has 1 fully saturated rings. The lowest BCUT2D eigenvalue weighted by Gasteiger charge is -2.35. The van der Waals surface area contributed by atoms with Crippen LogP contribution in [0.15, 0.2) is 4.79 Å². The molecule has 1 aliphatic heterocycles. The molecule has 1 saturated heterocycles. The van der Waals surface area contributed by atoms with Crippen LogP contribution in [0.1, 0.15) is 43.2 Å². The molecule has 140 valence electrons. The zero-order valence-corrected chi connectivity index (χ0v) is 16.1. The topological polar surface area (TPSA) is 84.5 Å². The molecule has 2 aromatic heterocycles. The summed E-state index contributed by atoms with van der Waals surface area (Å²) in [6.45, 7) is 6.44. The third-order valence-electron chi connectivity index (χ3n) is 5.39. The number of amides is 2. The summed E-state index contributed by atoms with van der Waals surface area (Å²) in [7, 11) is 0. The maximum atomic E-state index is 13.4. The predicted molar refractivity (Wildman–Crippen MR) is 104 cm³/mol. The maximum Gasteiger partial charge on any atom is 0.314 e. The van der Waals surface area contributed by atoms with Gasteiger partial charge >= 0.3 is 6.03 Å². The van der Waals surface area contributed by atoms with Crippen LogP contribution in [0.25, 0.3) is 10.2 Å². The molecule has 26 heavy (non-hydrogen) atoms. The number of hydrogen-bond donors (Lipinski definition) is 1. The number of nitrogens with two attached hydrogens (primary N) is 1. The van der Waals surface area contributed by atoms with Crippen molar-refractivity contribution in [3.63, 3.8) is 0 Å². The minimum absolute atomic E-state index is 0.0303. The Bertz CT molecular complexity index is 908. The first kappa shape index (κ1) is 17.3. The molecule has 8 heteroatoms. The molecule has 2 N–H and O–H groups in total. The first-order chi connectivity index (χ1) is 12.5. The van der Waals surface area contributed by atoms with Crippen LogP contribution in [-0.2, 0) is 12.8 Å². The van der Waals surface area contributed by atoms with Crippen LogP contribution < -0.4 is 16.2 Å². The van der Waals surface area contributed by atoms with E-state index in [0.717, 1.165) is 35.4 Å². The minimum atomic E-state index is -0.389. The molecule has 0 spiro atoms. The molecule has 2 amide bonds. The van der Waals surface area contributed by atoms with Crippen molar-refractivity contribution in [1.29, 1.82) is 0 Å². The Morgan fingerprint density at radius 3 is 2.50 bits per heavy atom. The minimum Gasteiger partial charge on any atom is -0.351 e. The van der Waals surface area contributed by atoms with Crippen LogP contribution in [0.5, 0.6) is 0 Å². The summed E-state index contributed by atoms with van der Waals surface area (Å²) < 4.78 is 1.82. The maximum absolute atomic E-state index is 13.4. The molecular formula is C18H25N5O2S. The van der Waals surface area contributed by atoms with Gasteiger partial charge in [-0.15, -0.1) is 11.3 Å². The number of nitrogens with zero attached hydrogens (tertiary/aromatic N) is 4. The quantitative estimate of drug-likeness (QED) is 0.871. The Hall–Kier alpha value is -2.09. The van der Waals surface area contributed by atoms with Gasteiger partial charge in [0.05, 0.1) is 5.39 Å². The number of carbonyl (C=O) groups is 1. The predicted octanol–water partition coefficient (Wildman–Crippen LogP) is 2.12. The molecule has 0 radical (unpaired) electrons. The van der Waals surface area contributed by atoms with E-state index < -0.39 is 0 Å². The van der Waals surface area contributed by atoms with Crippen molar-refractivity contribution in [3.8, 4) is 0 Å². The SMILES string of the molecule is CC(C)n1c(N2CCN(C(N)=O)CC2)nc2sc3c(c2c1=O)CCCC3. The van der Waals surface area contributed by atoms with Gasteiger partial charge in [-0.2, -0.15) is 0 Å². The lowest BCUT2D eigenvalue weighted by atomic mass is 9.97. The molecule has 7 nitrogen and oxygen atoms in total. The Kier molecular flexibility index (Phi) is 4.38. The number of carbonyl (C=O) groups excluding carboxylic acids is 1. The fourth-order valence-corrected chi connectivity index (χ4v) is 5.27. The van der Waals surface area contributed by atoms with E-state index in [2.05, 4.69) is 4.90 Å². The molecule has 0 bridgehead atoms. The number of rotatable bonds is 2. The second-order valence-corrected chi connectivity index (χ2v) is 8.47. The molecule has 2 aromatic rings. The van der Waals surface area contributed by atoms with E-state index in [1.807, 2.05) is 18.4 Å². The van der Waals surface area contributed by atoms with Crippen LogP contribution in [0.4, 0.5) is 10.7 Å². The van der Waals surface area contributed by atoms with Crippen molar-refractivity contribution in [2.45, 2.75) is 45.6 Å². The number of thiophene rings is 1. The molecule has 0 atom stereocenters. The second kappa shape index (κ2) is 6.57. The van der Waals surface area contributed by atoms with Gasteiger partial charge in [-0.1, -0.05) is 0 Å². The highest BCUT2D eigenvalue weighted by Crippen LogP contribution is 2.35. The third kappa shape index (κ3) is 2.76. The summed E-state index contributed by atoms with van der Waals surface area (Å²) in [5.74, 6) is 0.722. The molecule has 1 aliphatic carbocycles. The standard InChI is InChI=1S/C18H25N5O2S/c1-11(2)23-16(24)14-12-5-3-4-6-13(12)26-15(14)20-18(23)22-9-7-21(8-10-22)17(19)25/h11H,3-10H2,1-2H3,(H2,19,25). The van der Waals surface area contributed by atoms with E-state index in [1.165, 1.54) is 16.9 Å². The fourth-order valence-electron chi connectivity index (χ4n) is 4.02. The summed E-state index contributed by atoms with van der Waals surface area (Å²) in [5.41, 5.74) is 6.69. The summed E-state index contributed by atoms with van der Waals surface area (Å²) >= 11 is 1.68. The molecule has 0 saturated carbocycles. The Balaban J connectivity index is 1.81. The smallest absolute Gasteiger partial charge is 0.314 e. The Morgan fingerprint density at radius 1 is 1.15 bits per heavy atom. The van der Waals surface area contributed by atoms with Crippen molar-refractivity contribution < 1.29 is 4.79 Å². The molecule has 4 rings (SSSR count). The average molecular weight is 375 g/mol. The summed E-state index contributed by atoms with van der Waals surface area (Å²) in [5, 5.41) is 0.831. The highest BCUT2D eigenvalue weighted by molar-refractivity contribution is 7.18. The van der Waals surface area contributed by atoms with Crippen LogP contribution in [0.3, 0.4) is 0 Å². The molecular weight excluding hydrogens is 350 g/mol. The highest BCUT2D eigenvalue weighted by atomic mass is 32.1. The van der Waals surface area contributed by atoms with E-state index in [1.54, 1.807) is 16.2 Å². The van der Waals surface area contributed by atoms with Gasteiger partial charge in [-0.3, -0.25) is 9.36 Å². The number of aryl methyl sites for hydroxylation is 2. The van der Waals surface area contributed by atoms with E-state index >= 15 is 0 Å². The van der Waals surface area contributed by atoms with E-state index in [0.29, 0.717) is 26.2 Å². The monoisotopic (exact) mass is 375 g/mol. The molecule has 2 aliphatic rings. The van der Waals surface area contributed by atoms with Gasteiger partial charge in [0, 0.05) is 37.1 Å². The first-order valence-corrected chi connectivity index (χ1v) is 10.1. The van der Waals surface area contributed by atoms with Gasteiger partial charge in [0.1, 0.15) is 4.83 Å². The number of anilines is 1. The first-order valence-electron chi connectivity index (χ1n) is 9.33. The zero-order valence-electron chi connectivity index (χ0n) is 15.3. The number of fused-ring (bicyclic) bond motifs is 3. The van der Waals surface area contributed by atoms with Gasteiger partial charge in [0.2, 0.25) is 5.95 Å². The second-order valence-electron chi connectivity index (χ2n) is 7.38. The number of piperazine rings is 1. The van der Waals surface area contributed by atoms with Gasteiger partial charge < -0.3 is 15.5 Å². The van der Waals surface area contributed by atoms with Crippen LogP contribution in [-0.4, -0.2) is 46.7 Å². The number of aromatic nitrogens is 2. The van der Waals surface area contributed by atoms with E-state index in [4.69, 9.17) is 10.7 Å². The lowest BCUT2D eigenvalue weighted by molar-refractivity contribution is 0.203. The van der Waals surface area contributed by atoms with Crippen LogP contribution in [0, 0.1) is 0 Å². The fraction of sp³-hybridized carbons (Fsp3) is 0.611. The Labute approximate surface area is 156 Å². The highest BCUT2D eigenvalue weighted by Gasteiger charge is 2.27. The summed E-state index contributed by atoms with van der Waals surface area (Å²) in [6, 6.07) is -0.358. The lowest BCUT2D eigenvalue weighted by Crippen LogP contribution is -2.51. The van der Waals surface area contributed by atoms with Gasteiger partial charge in [-0.25, -0.2) is 9.78 Å². The van der Waals surface area contributed by atoms with Gasteiger partial charge in [0.15, 0.2) is 0 Å².